The lowest BCUT2D eigenvalue weighted by molar-refractivity contribution is 0.0950. The Labute approximate surface area is 175 Å². The van der Waals surface area contributed by atoms with Crippen molar-refractivity contribution in [2.75, 3.05) is 14.2 Å². The highest BCUT2D eigenvalue weighted by Gasteiger charge is 2.11. The zero-order valence-corrected chi connectivity index (χ0v) is 17.0. The molecule has 150 valence electrons. The molecule has 0 unspecified atom stereocenters. The van der Waals surface area contributed by atoms with Gasteiger partial charge in [0.15, 0.2) is 0 Å². The molecule has 0 aliphatic rings. The van der Waals surface area contributed by atoms with Crippen LogP contribution in [0, 0.1) is 0 Å². The van der Waals surface area contributed by atoms with Crippen LogP contribution in [0.5, 0.6) is 17.2 Å². The molecule has 0 bridgehead atoms. The minimum absolute atomic E-state index is 0.170. The average molecular weight is 412 g/mol. The maximum Gasteiger partial charge on any atom is 0.251 e. The maximum atomic E-state index is 12.6. The van der Waals surface area contributed by atoms with Crippen LogP contribution in [-0.4, -0.2) is 20.1 Å². The lowest BCUT2D eigenvalue weighted by atomic mass is 10.1. The van der Waals surface area contributed by atoms with Crippen molar-refractivity contribution < 1.29 is 19.0 Å². The van der Waals surface area contributed by atoms with E-state index in [1.54, 1.807) is 56.7 Å². The number of carbonyl (C=O) groups excluding carboxylic acids is 1. The SMILES string of the molecule is COc1ccc(CNC(=O)c2ccc(OC)c(COc3ccc(Cl)cc3)c2)cc1. The van der Waals surface area contributed by atoms with Crippen LogP contribution in [0.15, 0.2) is 66.7 Å². The quantitative estimate of drug-likeness (QED) is 0.574. The number of benzene rings is 3. The fourth-order valence-electron chi connectivity index (χ4n) is 2.75. The average Bonchev–Trinajstić information content (AvgIpc) is 2.77. The third-order valence-electron chi connectivity index (χ3n) is 4.36. The third-order valence-corrected chi connectivity index (χ3v) is 4.61. The lowest BCUT2D eigenvalue weighted by Crippen LogP contribution is -2.23. The molecule has 3 rings (SSSR count). The van der Waals surface area contributed by atoms with Gasteiger partial charge in [-0.2, -0.15) is 0 Å². The summed E-state index contributed by atoms with van der Waals surface area (Å²) in [4.78, 5) is 12.6. The van der Waals surface area contributed by atoms with E-state index in [0.29, 0.717) is 28.6 Å². The van der Waals surface area contributed by atoms with E-state index >= 15 is 0 Å². The Morgan fingerprint density at radius 2 is 1.59 bits per heavy atom. The zero-order valence-electron chi connectivity index (χ0n) is 16.3. The number of amides is 1. The Bertz CT molecular complexity index is 956. The summed E-state index contributed by atoms with van der Waals surface area (Å²) in [5.41, 5.74) is 2.30. The van der Waals surface area contributed by atoms with Crippen molar-refractivity contribution in [2.24, 2.45) is 0 Å². The molecule has 0 saturated carbocycles. The summed E-state index contributed by atoms with van der Waals surface area (Å²) in [7, 11) is 3.21. The Balaban J connectivity index is 1.65. The number of halogens is 1. The molecule has 29 heavy (non-hydrogen) atoms. The predicted molar refractivity (Wildman–Crippen MR) is 113 cm³/mol. The Hall–Kier alpha value is -3.18. The van der Waals surface area contributed by atoms with E-state index in [4.69, 9.17) is 25.8 Å². The molecule has 0 radical (unpaired) electrons. The van der Waals surface area contributed by atoms with Gasteiger partial charge in [-0.05, 0) is 60.2 Å². The highest BCUT2D eigenvalue weighted by Crippen LogP contribution is 2.23. The summed E-state index contributed by atoms with van der Waals surface area (Å²) >= 11 is 5.89. The second kappa shape index (κ2) is 9.85. The van der Waals surface area contributed by atoms with Crippen LogP contribution >= 0.6 is 11.6 Å². The van der Waals surface area contributed by atoms with Crippen LogP contribution in [0.2, 0.25) is 5.02 Å². The number of nitrogens with one attached hydrogen (secondary N) is 1. The Morgan fingerprint density at radius 3 is 2.24 bits per heavy atom. The van der Waals surface area contributed by atoms with E-state index in [0.717, 1.165) is 16.9 Å². The molecule has 3 aromatic rings. The van der Waals surface area contributed by atoms with Gasteiger partial charge in [-0.25, -0.2) is 0 Å². The van der Waals surface area contributed by atoms with Gasteiger partial charge in [0.2, 0.25) is 0 Å². The van der Waals surface area contributed by atoms with E-state index in [-0.39, 0.29) is 12.5 Å². The number of hydrogen-bond acceptors (Lipinski definition) is 4. The fraction of sp³-hybridized carbons (Fsp3) is 0.174. The topological polar surface area (TPSA) is 56.8 Å². The number of rotatable bonds is 8. The number of hydrogen-bond donors (Lipinski definition) is 1. The molecule has 0 heterocycles. The predicted octanol–water partition coefficient (Wildman–Crippen LogP) is 4.87. The molecule has 1 amide bonds. The molecule has 0 saturated heterocycles. The Morgan fingerprint density at radius 1 is 0.897 bits per heavy atom. The first kappa shape index (κ1) is 20.6. The van der Waals surface area contributed by atoms with Gasteiger partial charge in [0.25, 0.3) is 5.91 Å². The first-order chi connectivity index (χ1) is 14.1. The van der Waals surface area contributed by atoms with Crippen LogP contribution < -0.4 is 19.5 Å². The normalized spacial score (nSPS) is 10.3. The molecule has 6 heteroatoms. The summed E-state index contributed by atoms with van der Waals surface area (Å²) in [5.74, 6) is 1.95. The first-order valence-corrected chi connectivity index (χ1v) is 9.43. The van der Waals surface area contributed by atoms with Crippen molar-refractivity contribution >= 4 is 17.5 Å². The first-order valence-electron chi connectivity index (χ1n) is 9.05. The van der Waals surface area contributed by atoms with E-state index in [1.165, 1.54) is 0 Å². The summed E-state index contributed by atoms with van der Waals surface area (Å²) < 4.78 is 16.3. The second-order valence-corrected chi connectivity index (χ2v) is 6.74. The molecule has 0 fully saturated rings. The van der Waals surface area contributed by atoms with Crippen LogP contribution in [0.4, 0.5) is 0 Å². The minimum atomic E-state index is -0.170. The number of methoxy groups -OCH3 is 2. The van der Waals surface area contributed by atoms with Crippen molar-refractivity contribution in [1.29, 1.82) is 0 Å². The van der Waals surface area contributed by atoms with Crippen molar-refractivity contribution in [2.45, 2.75) is 13.2 Å². The standard InChI is InChI=1S/C23H22ClNO4/c1-27-20-8-3-16(4-9-20)14-25-23(26)17-5-12-22(28-2)18(13-17)15-29-21-10-6-19(24)7-11-21/h3-13H,14-15H2,1-2H3,(H,25,26). The van der Waals surface area contributed by atoms with Gasteiger partial charge in [0, 0.05) is 22.7 Å². The van der Waals surface area contributed by atoms with E-state index < -0.39 is 0 Å². The van der Waals surface area contributed by atoms with Gasteiger partial charge >= 0.3 is 0 Å². The molecule has 0 aliphatic heterocycles. The molecule has 0 aliphatic carbocycles. The molecule has 0 spiro atoms. The molecule has 5 nitrogen and oxygen atoms in total. The minimum Gasteiger partial charge on any atom is -0.497 e. The van der Waals surface area contributed by atoms with Crippen molar-refractivity contribution in [3.05, 3.63) is 88.4 Å². The molecule has 1 N–H and O–H groups in total. The highest BCUT2D eigenvalue weighted by molar-refractivity contribution is 6.30. The monoisotopic (exact) mass is 411 g/mol. The number of ether oxygens (including phenoxy) is 3. The van der Waals surface area contributed by atoms with Crippen LogP contribution in [0.25, 0.3) is 0 Å². The zero-order chi connectivity index (χ0) is 20.6. The summed E-state index contributed by atoms with van der Waals surface area (Å²) in [6.45, 7) is 0.690. The fourth-order valence-corrected chi connectivity index (χ4v) is 2.88. The smallest absolute Gasteiger partial charge is 0.251 e. The Kier molecular flexibility index (Phi) is 6.98. The van der Waals surface area contributed by atoms with Gasteiger partial charge in [-0.3, -0.25) is 4.79 Å². The van der Waals surface area contributed by atoms with Gasteiger partial charge in [0.05, 0.1) is 14.2 Å². The molecule has 0 aromatic heterocycles. The van der Waals surface area contributed by atoms with Gasteiger partial charge in [-0.15, -0.1) is 0 Å². The van der Waals surface area contributed by atoms with Crippen LogP contribution in [0.3, 0.4) is 0 Å². The third kappa shape index (κ3) is 5.65. The largest absolute Gasteiger partial charge is 0.497 e. The van der Waals surface area contributed by atoms with Crippen LogP contribution in [0.1, 0.15) is 21.5 Å². The summed E-state index contributed by atoms with van der Waals surface area (Å²) in [6, 6.07) is 19.9. The molecular weight excluding hydrogens is 390 g/mol. The number of carbonyl (C=O) groups is 1. The van der Waals surface area contributed by atoms with Crippen molar-refractivity contribution in [3.8, 4) is 17.2 Å². The van der Waals surface area contributed by atoms with Gasteiger partial charge in [0.1, 0.15) is 23.9 Å². The highest BCUT2D eigenvalue weighted by atomic mass is 35.5. The molecular formula is C23H22ClNO4. The van der Waals surface area contributed by atoms with Crippen molar-refractivity contribution in [3.63, 3.8) is 0 Å². The van der Waals surface area contributed by atoms with Gasteiger partial charge < -0.3 is 19.5 Å². The van der Waals surface area contributed by atoms with E-state index in [9.17, 15) is 4.79 Å². The summed E-state index contributed by atoms with van der Waals surface area (Å²) in [6.07, 6.45) is 0. The molecule has 0 atom stereocenters. The maximum absolute atomic E-state index is 12.6. The van der Waals surface area contributed by atoms with Gasteiger partial charge in [-0.1, -0.05) is 23.7 Å². The van der Waals surface area contributed by atoms with E-state index in [1.807, 2.05) is 24.3 Å². The second-order valence-electron chi connectivity index (χ2n) is 6.30. The van der Waals surface area contributed by atoms with Crippen molar-refractivity contribution in [1.82, 2.24) is 5.32 Å². The lowest BCUT2D eigenvalue weighted by Gasteiger charge is -2.13. The molecule has 3 aromatic carbocycles. The summed E-state index contributed by atoms with van der Waals surface area (Å²) in [5, 5.41) is 3.57. The van der Waals surface area contributed by atoms with E-state index in [2.05, 4.69) is 5.32 Å². The van der Waals surface area contributed by atoms with Crippen LogP contribution in [-0.2, 0) is 13.2 Å².